The smallest absolute Gasteiger partial charge is 0.224 e. The van der Waals surface area contributed by atoms with E-state index in [2.05, 4.69) is 10.6 Å². The lowest BCUT2D eigenvalue weighted by Crippen LogP contribution is -2.41. The topological polar surface area (TPSA) is 41.1 Å². The summed E-state index contributed by atoms with van der Waals surface area (Å²) in [6.45, 7) is 1.97. The Hall–Kier alpha value is -0.570. The first-order valence-corrected chi connectivity index (χ1v) is 6.39. The van der Waals surface area contributed by atoms with Gasteiger partial charge in [0.25, 0.3) is 0 Å². The lowest BCUT2D eigenvalue weighted by Gasteiger charge is -2.19. The number of amides is 1. The van der Waals surface area contributed by atoms with Crippen molar-refractivity contribution in [2.75, 3.05) is 13.1 Å². The van der Waals surface area contributed by atoms with Crippen LogP contribution in [0.15, 0.2) is 0 Å². The predicted molar refractivity (Wildman–Crippen MR) is 60.6 cm³/mol. The zero-order valence-corrected chi connectivity index (χ0v) is 9.43. The summed E-state index contributed by atoms with van der Waals surface area (Å²) >= 11 is 0. The van der Waals surface area contributed by atoms with Crippen molar-refractivity contribution in [1.29, 1.82) is 0 Å². The van der Waals surface area contributed by atoms with E-state index in [0.717, 1.165) is 25.9 Å². The van der Waals surface area contributed by atoms with Crippen molar-refractivity contribution >= 4 is 5.91 Å². The summed E-state index contributed by atoms with van der Waals surface area (Å²) in [6, 6.07) is 0.447. The molecule has 1 amide bonds. The van der Waals surface area contributed by atoms with Gasteiger partial charge in [0.05, 0.1) is 5.92 Å². The summed E-state index contributed by atoms with van der Waals surface area (Å²) in [5.74, 6) is 0.523. The van der Waals surface area contributed by atoms with E-state index in [-0.39, 0.29) is 11.8 Å². The van der Waals surface area contributed by atoms with Crippen molar-refractivity contribution in [3.8, 4) is 0 Å². The summed E-state index contributed by atoms with van der Waals surface area (Å²) in [6.07, 6.45) is 8.40. The van der Waals surface area contributed by atoms with E-state index in [0.29, 0.717) is 6.04 Å². The molecule has 0 aromatic heterocycles. The van der Waals surface area contributed by atoms with Gasteiger partial charge in [0.15, 0.2) is 0 Å². The van der Waals surface area contributed by atoms with Gasteiger partial charge in [-0.2, -0.15) is 0 Å². The first-order valence-electron chi connectivity index (χ1n) is 6.39. The maximum Gasteiger partial charge on any atom is 0.224 e. The molecule has 1 aliphatic heterocycles. The second-order valence-electron chi connectivity index (χ2n) is 4.80. The third-order valence-electron chi connectivity index (χ3n) is 3.66. The van der Waals surface area contributed by atoms with Gasteiger partial charge in [-0.3, -0.25) is 4.79 Å². The number of fused-ring (bicyclic) bond motifs is 1. The van der Waals surface area contributed by atoms with Gasteiger partial charge in [-0.25, -0.2) is 0 Å². The minimum Gasteiger partial charge on any atom is -0.356 e. The van der Waals surface area contributed by atoms with Gasteiger partial charge in [0.1, 0.15) is 0 Å². The molecule has 15 heavy (non-hydrogen) atoms. The molecule has 2 rings (SSSR count). The van der Waals surface area contributed by atoms with E-state index in [1.165, 1.54) is 32.1 Å². The number of nitrogens with one attached hydrogen (secondary N) is 2. The Morgan fingerprint density at radius 1 is 0.933 bits per heavy atom. The molecule has 2 atom stereocenters. The molecule has 0 radical (unpaired) electrons. The average Bonchev–Trinajstić information content (AvgIpc) is 2.68. The van der Waals surface area contributed by atoms with Crippen LogP contribution in [0.1, 0.15) is 44.9 Å². The SMILES string of the molecule is O=C1NCCCCCCN[C@@H]2CCC[C@H]12. The molecule has 1 saturated heterocycles. The molecule has 2 N–H and O–H groups in total. The van der Waals surface area contributed by atoms with Crippen LogP contribution in [0.3, 0.4) is 0 Å². The maximum atomic E-state index is 11.9. The molecule has 2 fully saturated rings. The fourth-order valence-electron chi connectivity index (χ4n) is 2.75. The molecular weight excluding hydrogens is 188 g/mol. The van der Waals surface area contributed by atoms with Crippen molar-refractivity contribution in [2.45, 2.75) is 51.0 Å². The van der Waals surface area contributed by atoms with Gasteiger partial charge < -0.3 is 10.6 Å². The highest BCUT2D eigenvalue weighted by Crippen LogP contribution is 2.26. The van der Waals surface area contributed by atoms with E-state index in [1.807, 2.05) is 0 Å². The van der Waals surface area contributed by atoms with E-state index in [1.54, 1.807) is 0 Å². The van der Waals surface area contributed by atoms with E-state index in [4.69, 9.17) is 0 Å². The van der Waals surface area contributed by atoms with Crippen molar-refractivity contribution < 1.29 is 4.79 Å². The molecule has 0 spiro atoms. The second-order valence-corrected chi connectivity index (χ2v) is 4.80. The molecular formula is C12H22N2O. The summed E-state index contributed by atoms with van der Waals surface area (Å²) in [7, 11) is 0. The van der Waals surface area contributed by atoms with Crippen LogP contribution in [0, 0.1) is 5.92 Å². The summed E-state index contributed by atoms with van der Waals surface area (Å²) < 4.78 is 0. The Bertz CT molecular complexity index is 218. The van der Waals surface area contributed by atoms with Crippen LogP contribution < -0.4 is 10.6 Å². The van der Waals surface area contributed by atoms with Crippen LogP contribution >= 0.6 is 0 Å². The van der Waals surface area contributed by atoms with Crippen molar-refractivity contribution in [3.05, 3.63) is 0 Å². The summed E-state index contributed by atoms with van der Waals surface area (Å²) in [5.41, 5.74) is 0. The molecule has 0 aromatic carbocycles. The van der Waals surface area contributed by atoms with Gasteiger partial charge in [-0.15, -0.1) is 0 Å². The third-order valence-corrected chi connectivity index (χ3v) is 3.66. The molecule has 86 valence electrons. The number of hydrogen-bond acceptors (Lipinski definition) is 2. The van der Waals surface area contributed by atoms with Crippen LogP contribution in [0.5, 0.6) is 0 Å². The van der Waals surface area contributed by atoms with Crippen molar-refractivity contribution in [3.63, 3.8) is 0 Å². The minimum atomic E-state index is 0.239. The largest absolute Gasteiger partial charge is 0.356 e. The molecule has 3 heteroatoms. The van der Waals surface area contributed by atoms with Crippen LogP contribution in [-0.2, 0) is 4.79 Å². The fourth-order valence-corrected chi connectivity index (χ4v) is 2.75. The minimum absolute atomic E-state index is 0.239. The normalized spacial score (nSPS) is 34.0. The Labute approximate surface area is 92.0 Å². The molecule has 0 bridgehead atoms. The summed E-state index contributed by atoms with van der Waals surface area (Å²) in [5, 5.41) is 6.62. The Morgan fingerprint density at radius 2 is 1.73 bits per heavy atom. The van der Waals surface area contributed by atoms with E-state index < -0.39 is 0 Å². The van der Waals surface area contributed by atoms with Gasteiger partial charge in [0, 0.05) is 12.6 Å². The molecule has 1 saturated carbocycles. The Kier molecular flexibility index (Phi) is 4.01. The highest BCUT2D eigenvalue weighted by Gasteiger charge is 2.32. The zero-order chi connectivity index (χ0) is 10.5. The van der Waals surface area contributed by atoms with Gasteiger partial charge >= 0.3 is 0 Å². The van der Waals surface area contributed by atoms with Crippen LogP contribution in [0.25, 0.3) is 0 Å². The second kappa shape index (κ2) is 5.50. The predicted octanol–water partition coefficient (Wildman–Crippen LogP) is 1.43. The van der Waals surface area contributed by atoms with Crippen LogP contribution in [0.2, 0.25) is 0 Å². The molecule has 1 heterocycles. The zero-order valence-electron chi connectivity index (χ0n) is 9.43. The Balaban J connectivity index is 1.93. The number of carbonyl (C=O) groups excluding carboxylic acids is 1. The molecule has 1 aliphatic carbocycles. The van der Waals surface area contributed by atoms with Gasteiger partial charge in [0.2, 0.25) is 5.91 Å². The van der Waals surface area contributed by atoms with Crippen molar-refractivity contribution in [2.24, 2.45) is 5.92 Å². The lowest BCUT2D eigenvalue weighted by molar-refractivity contribution is -0.125. The highest BCUT2D eigenvalue weighted by atomic mass is 16.1. The highest BCUT2D eigenvalue weighted by molar-refractivity contribution is 5.79. The lowest BCUT2D eigenvalue weighted by atomic mass is 10.0. The molecule has 0 aromatic rings. The van der Waals surface area contributed by atoms with Crippen LogP contribution in [0.4, 0.5) is 0 Å². The first-order chi connectivity index (χ1) is 7.38. The van der Waals surface area contributed by atoms with Gasteiger partial charge in [-0.1, -0.05) is 19.3 Å². The van der Waals surface area contributed by atoms with E-state index in [9.17, 15) is 4.79 Å². The monoisotopic (exact) mass is 210 g/mol. The van der Waals surface area contributed by atoms with Gasteiger partial charge in [-0.05, 0) is 32.2 Å². The first kappa shape index (κ1) is 10.9. The van der Waals surface area contributed by atoms with Crippen LogP contribution in [-0.4, -0.2) is 25.0 Å². The number of carbonyl (C=O) groups is 1. The Morgan fingerprint density at radius 3 is 2.60 bits per heavy atom. The molecule has 3 nitrogen and oxygen atoms in total. The van der Waals surface area contributed by atoms with E-state index >= 15 is 0 Å². The van der Waals surface area contributed by atoms with Crippen molar-refractivity contribution in [1.82, 2.24) is 10.6 Å². The molecule has 2 aliphatic rings. The standard InChI is InChI=1S/C12H22N2O/c15-12-10-6-5-7-11(10)13-8-3-1-2-4-9-14-12/h10-11,13H,1-9H2,(H,14,15)/t10-,11+/m0/s1. The quantitative estimate of drug-likeness (QED) is 0.635. The fraction of sp³-hybridized carbons (Fsp3) is 0.917. The maximum absolute atomic E-state index is 11.9. The number of rotatable bonds is 0. The summed E-state index contributed by atoms with van der Waals surface area (Å²) in [4.78, 5) is 11.9. The average molecular weight is 210 g/mol. The molecule has 0 unspecified atom stereocenters. The number of hydrogen-bond donors (Lipinski definition) is 2. The third kappa shape index (κ3) is 2.94.